The molecule has 1 aromatic heterocycles. The van der Waals surface area contributed by atoms with Crippen LogP contribution < -0.4 is 9.64 Å². The van der Waals surface area contributed by atoms with Crippen molar-refractivity contribution in [3.05, 3.63) is 95.7 Å². The smallest absolute Gasteiger partial charge is 0.508 e. The van der Waals surface area contributed by atoms with Crippen LogP contribution in [0, 0.1) is 0 Å². The molecule has 3 N–H and O–H groups in total. The number of aliphatic hydroxyl groups is 1. The van der Waals surface area contributed by atoms with E-state index in [1.807, 2.05) is 0 Å². The number of nitrogens with one attached hydrogen (secondary N) is 1. The molecule has 36 heavy (non-hydrogen) atoms. The highest BCUT2D eigenvalue weighted by Crippen LogP contribution is 2.44. The Morgan fingerprint density at radius 3 is 2.42 bits per heavy atom. The van der Waals surface area contributed by atoms with Crippen LogP contribution in [0.5, 0.6) is 11.5 Å². The fourth-order valence-electron chi connectivity index (χ4n) is 4.31. The zero-order valence-electron chi connectivity index (χ0n) is 18.3. The number of anilines is 1. The van der Waals surface area contributed by atoms with Gasteiger partial charge in [-0.3, -0.25) is 14.5 Å². The third kappa shape index (κ3) is 4.02. The summed E-state index contributed by atoms with van der Waals surface area (Å²) >= 11 is 0. The molecule has 0 saturated carbocycles. The van der Waals surface area contributed by atoms with E-state index >= 15 is 0 Å². The van der Waals surface area contributed by atoms with Crippen LogP contribution in [0.15, 0.2) is 84.6 Å². The van der Waals surface area contributed by atoms with Gasteiger partial charge >= 0.3 is 6.36 Å². The van der Waals surface area contributed by atoms with Crippen molar-refractivity contribution in [2.24, 2.45) is 0 Å². The van der Waals surface area contributed by atoms with Crippen LogP contribution in [0.3, 0.4) is 0 Å². The highest BCUT2D eigenvalue weighted by Gasteiger charge is 2.47. The quantitative estimate of drug-likeness (QED) is 0.200. The van der Waals surface area contributed by atoms with Gasteiger partial charge in [0.2, 0.25) is 0 Å². The van der Waals surface area contributed by atoms with E-state index in [1.54, 1.807) is 24.3 Å². The maximum absolute atomic E-state index is 13.2. The molecule has 4 aromatic rings. The van der Waals surface area contributed by atoms with Crippen LogP contribution in [0.2, 0.25) is 0 Å². The Morgan fingerprint density at radius 2 is 1.69 bits per heavy atom. The number of benzene rings is 3. The summed E-state index contributed by atoms with van der Waals surface area (Å²) in [5.74, 6) is -3.17. The summed E-state index contributed by atoms with van der Waals surface area (Å²) < 4.78 is 42.4. The molecule has 0 spiro atoms. The first-order valence-electron chi connectivity index (χ1n) is 10.7. The van der Waals surface area contributed by atoms with Crippen LogP contribution >= 0.6 is 0 Å². The number of ether oxygens (including phenoxy) is 1. The Labute approximate surface area is 201 Å². The molecule has 182 valence electrons. The number of carbonyl (C=O) groups is 2. The monoisotopic (exact) mass is 494 g/mol. The average molecular weight is 494 g/mol. The lowest BCUT2D eigenvalue weighted by Gasteiger charge is -2.26. The molecule has 1 unspecified atom stereocenters. The van der Waals surface area contributed by atoms with Gasteiger partial charge in [0, 0.05) is 34.4 Å². The number of aliphatic hydroxyl groups excluding tert-OH is 1. The van der Waals surface area contributed by atoms with Crippen molar-refractivity contribution in [3.63, 3.8) is 0 Å². The normalized spacial score (nSPS) is 17.6. The Kier molecular flexibility index (Phi) is 5.43. The van der Waals surface area contributed by atoms with Gasteiger partial charge in [0.05, 0.1) is 11.6 Å². The minimum atomic E-state index is -4.96. The lowest BCUT2D eigenvalue weighted by Crippen LogP contribution is -2.29. The summed E-state index contributed by atoms with van der Waals surface area (Å²) in [5, 5.41) is 21.6. The number of aromatic nitrogens is 1. The largest absolute Gasteiger partial charge is 0.573 e. The van der Waals surface area contributed by atoms with Gasteiger partial charge in [-0.25, -0.2) is 0 Å². The number of H-pyrrole nitrogens is 1. The van der Waals surface area contributed by atoms with E-state index in [9.17, 15) is 33.0 Å². The summed E-state index contributed by atoms with van der Waals surface area (Å²) in [5.41, 5.74) is 1.01. The molecule has 10 heteroatoms. The number of aromatic hydroxyl groups is 1. The van der Waals surface area contributed by atoms with E-state index in [-0.39, 0.29) is 22.6 Å². The molecule has 1 aliphatic heterocycles. The SMILES string of the molecule is O=C1C(=O)N(c2cccc(OC(F)(F)F)c2)C(c2ccc(O)cc2)/C1=C(/O)c1c[nH]c2ccccc12. The second kappa shape index (κ2) is 8.49. The Bertz CT molecular complexity index is 1520. The molecule has 1 amide bonds. The van der Waals surface area contributed by atoms with Gasteiger partial charge in [-0.1, -0.05) is 36.4 Å². The van der Waals surface area contributed by atoms with Crippen LogP contribution in [-0.2, 0) is 9.59 Å². The molecule has 0 bridgehead atoms. The topological polar surface area (TPSA) is 103 Å². The molecule has 1 fully saturated rings. The van der Waals surface area contributed by atoms with Gasteiger partial charge in [-0.2, -0.15) is 0 Å². The first-order chi connectivity index (χ1) is 17.1. The molecular formula is C26H17F3N2O5. The number of aromatic amines is 1. The van der Waals surface area contributed by atoms with E-state index in [0.717, 1.165) is 17.0 Å². The maximum atomic E-state index is 13.2. The molecule has 3 aromatic carbocycles. The van der Waals surface area contributed by atoms with Crippen molar-refractivity contribution in [3.8, 4) is 11.5 Å². The van der Waals surface area contributed by atoms with Crippen molar-refractivity contribution in [2.75, 3.05) is 4.90 Å². The average Bonchev–Trinajstić information content (AvgIpc) is 3.37. The Morgan fingerprint density at radius 1 is 0.972 bits per heavy atom. The number of nitrogens with zero attached hydrogens (tertiary/aromatic N) is 1. The first kappa shape index (κ1) is 23.0. The minimum absolute atomic E-state index is 0.0464. The van der Waals surface area contributed by atoms with Gasteiger partial charge in [-0.05, 0) is 35.9 Å². The summed E-state index contributed by atoms with van der Waals surface area (Å²) in [6.07, 6.45) is -3.46. The molecule has 5 rings (SSSR count). The summed E-state index contributed by atoms with van der Waals surface area (Å²) in [6.45, 7) is 0. The predicted octanol–water partition coefficient (Wildman–Crippen LogP) is 5.40. The molecular weight excluding hydrogens is 477 g/mol. The standard InChI is InChI=1S/C26H17F3N2O5/c27-26(28,29)36-17-5-3-4-15(12-17)31-22(14-8-10-16(32)11-9-14)21(24(34)25(31)35)23(33)19-13-30-20-7-2-1-6-18(19)20/h1-13,22,30,32-33H/b23-21-. The van der Waals surface area contributed by atoms with Gasteiger partial charge in [0.1, 0.15) is 17.3 Å². The molecule has 0 aliphatic carbocycles. The predicted molar refractivity (Wildman–Crippen MR) is 124 cm³/mol. The maximum Gasteiger partial charge on any atom is 0.573 e. The number of ketones is 1. The third-order valence-electron chi connectivity index (χ3n) is 5.83. The number of carbonyl (C=O) groups excluding carboxylic acids is 2. The number of hydrogen-bond acceptors (Lipinski definition) is 5. The van der Waals surface area contributed by atoms with Crippen molar-refractivity contribution in [2.45, 2.75) is 12.4 Å². The third-order valence-corrected chi connectivity index (χ3v) is 5.83. The zero-order chi connectivity index (χ0) is 25.6. The summed E-state index contributed by atoms with van der Waals surface area (Å²) in [6, 6.07) is 16.1. The number of halogens is 3. The highest BCUT2D eigenvalue weighted by molar-refractivity contribution is 6.51. The minimum Gasteiger partial charge on any atom is -0.508 e. The van der Waals surface area contributed by atoms with E-state index in [4.69, 9.17) is 0 Å². The highest BCUT2D eigenvalue weighted by atomic mass is 19.4. The number of para-hydroxylation sites is 1. The van der Waals surface area contributed by atoms with Gasteiger partial charge in [0.15, 0.2) is 0 Å². The van der Waals surface area contributed by atoms with Crippen LogP contribution in [0.4, 0.5) is 18.9 Å². The van der Waals surface area contributed by atoms with Gasteiger partial charge in [-0.15, -0.1) is 13.2 Å². The summed E-state index contributed by atoms with van der Waals surface area (Å²) in [7, 11) is 0. The van der Waals surface area contributed by atoms with Crippen LogP contribution in [-0.4, -0.2) is 33.2 Å². The molecule has 2 heterocycles. The number of amides is 1. The molecule has 0 radical (unpaired) electrons. The number of alkyl halides is 3. The lowest BCUT2D eigenvalue weighted by molar-refractivity contribution is -0.274. The zero-order valence-corrected chi connectivity index (χ0v) is 18.3. The number of Topliss-reactive ketones (excluding diaryl/α,β-unsaturated/α-hetero) is 1. The second-order valence-electron chi connectivity index (χ2n) is 8.05. The van der Waals surface area contributed by atoms with Crippen molar-refractivity contribution >= 4 is 34.0 Å². The lowest BCUT2D eigenvalue weighted by atomic mass is 9.95. The molecule has 1 atom stereocenters. The van der Waals surface area contributed by atoms with E-state index in [1.165, 1.54) is 42.6 Å². The second-order valence-corrected chi connectivity index (χ2v) is 8.05. The number of rotatable bonds is 4. The molecule has 1 saturated heterocycles. The van der Waals surface area contributed by atoms with E-state index in [0.29, 0.717) is 16.5 Å². The number of phenols is 1. The van der Waals surface area contributed by atoms with Gasteiger partial charge in [0.25, 0.3) is 11.7 Å². The number of fused-ring (bicyclic) bond motifs is 1. The fourth-order valence-corrected chi connectivity index (χ4v) is 4.31. The van der Waals surface area contributed by atoms with E-state index in [2.05, 4.69) is 9.72 Å². The van der Waals surface area contributed by atoms with Crippen molar-refractivity contribution in [1.29, 1.82) is 0 Å². The summed E-state index contributed by atoms with van der Waals surface area (Å²) in [4.78, 5) is 30.4. The fraction of sp³-hybridized carbons (Fsp3) is 0.0769. The Balaban J connectivity index is 1.70. The Hall–Kier alpha value is -4.73. The van der Waals surface area contributed by atoms with Gasteiger partial charge < -0.3 is 19.9 Å². The molecule has 7 nitrogen and oxygen atoms in total. The molecule has 1 aliphatic rings. The van der Waals surface area contributed by atoms with Crippen molar-refractivity contribution in [1.82, 2.24) is 4.98 Å². The van der Waals surface area contributed by atoms with Crippen molar-refractivity contribution < 1.29 is 37.7 Å². The van der Waals surface area contributed by atoms with Crippen LogP contribution in [0.1, 0.15) is 17.2 Å². The number of hydrogen-bond donors (Lipinski definition) is 3. The number of phenolic OH excluding ortho intramolecular Hbond substituents is 1. The van der Waals surface area contributed by atoms with E-state index < -0.39 is 35.6 Å². The van der Waals surface area contributed by atoms with Crippen LogP contribution in [0.25, 0.3) is 16.7 Å². The first-order valence-corrected chi connectivity index (χ1v) is 10.7.